The summed E-state index contributed by atoms with van der Waals surface area (Å²) in [4.78, 5) is 25.1. The maximum absolute atomic E-state index is 14.3. The Labute approximate surface area is 207 Å². The van der Waals surface area contributed by atoms with Gasteiger partial charge in [0.1, 0.15) is 10.2 Å². The number of nitrogens with one attached hydrogen (secondary N) is 1. The lowest BCUT2D eigenvalue weighted by Gasteiger charge is -2.12. The summed E-state index contributed by atoms with van der Waals surface area (Å²) in [5.74, 6) is -7.04. The first kappa shape index (κ1) is 25.4. The van der Waals surface area contributed by atoms with E-state index in [0.717, 1.165) is 12.1 Å². The van der Waals surface area contributed by atoms with Crippen molar-refractivity contribution in [2.75, 3.05) is 5.32 Å². The van der Waals surface area contributed by atoms with Gasteiger partial charge in [-0.1, -0.05) is 34.8 Å². The van der Waals surface area contributed by atoms with Crippen LogP contribution in [0.1, 0.15) is 41.6 Å². The quantitative estimate of drug-likeness (QED) is 0.283. The molecule has 2 unspecified atom stereocenters. The Morgan fingerprint density at radius 1 is 1.06 bits per heavy atom. The molecule has 0 saturated heterocycles. The van der Waals surface area contributed by atoms with Gasteiger partial charge in [0.25, 0.3) is 0 Å². The summed E-state index contributed by atoms with van der Waals surface area (Å²) >= 11 is 30.4. The zero-order valence-electron chi connectivity index (χ0n) is 16.3. The van der Waals surface area contributed by atoms with Crippen molar-refractivity contribution in [1.29, 1.82) is 0 Å². The van der Waals surface area contributed by atoms with Crippen molar-refractivity contribution in [2.45, 2.75) is 35.9 Å². The molecule has 1 aliphatic rings. The standard InChI is InChI=1S/C21H15Cl5F3NO2/c1-20(28,29)3-2-15(31)13-7-12(8-14(27)18(13)24)30-19(32)17-16(21(17,25)26)9-4-10(22)6-11(23)5-9/h4-8,16-17H,2-3H2,1H3,(H,30,32). The molecule has 0 radical (unpaired) electrons. The minimum Gasteiger partial charge on any atom is -0.326 e. The first-order chi connectivity index (χ1) is 14.7. The molecule has 0 bridgehead atoms. The average Bonchev–Trinajstić information content (AvgIpc) is 3.23. The molecular weight excluding hydrogens is 532 g/mol. The van der Waals surface area contributed by atoms with Crippen molar-refractivity contribution < 1.29 is 22.8 Å². The van der Waals surface area contributed by atoms with E-state index >= 15 is 0 Å². The molecule has 3 nitrogen and oxygen atoms in total. The van der Waals surface area contributed by atoms with Gasteiger partial charge in [0.05, 0.1) is 10.9 Å². The lowest BCUT2D eigenvalue weighted by Crippen LogP contribution is -2.18. The van der Waals surface area contributed by atoms with Crippen LogP contribution in [0.25, 0.3) is 0 Å². The van der Waals surface area contributed by atoms with Crippen molar-refractivity contribution in [3.63, 3.8) is 0 Å². The number of benzene rings is 2. The van der Waals surface area contributed by atoms with Crippen LogP contribution in [0.2, 0.25) is 15.1 Å². The molecule has 0 aromatic heterocycles. The molecule has 172 valence electrons. The third kappa shape index (κ3) is 5.65. The summed E-state index contributed by atoms with van der Waals surface area (Å²) < 4.78 is 38.9. The van der Waals surface area contributed by atoms with Gasteiger partial charge in [0.2, 0.25) is 11.8 Å². The second-order valence-electron chi connectivity index (χ2n) is 7.63. The fourth-order valence-electron chi connectivity index (χ4n) is 3.37. The van der Waals surface area contributed by atoms with Crippen molar-refractivity contribution in [3.05, 3.63) is 62.3 Å². The number of hydrogen-bond donors (Lipinski definition) is 1. The van der Waals surface area contributed by atoms with Crippen LogP contribution in [0.15, 0.2) is 30.3 Å². The van der Waals surface area contributed by atoms with E-state index in [0.29, 0.717) is 22.5 Å². The van der Waals surface area contributed by atoms with Crippen molar-refractivity contribution in [1.82, 2.24) is 0 Å². The van der Waals surface area contributed by atoms with Crippen LogP contribution in [0.5, 0.6) is 0 Å². The molecule has 1 aliphatic carbocycles. The predicted octanol–water partition coefficient (Wildman–Crippen LogP) is 7.93. The van der Waals surface area contributed by atoms with E-state index < -0.39 is 57.5 Å². The number of alkyl halides is 4. The van der Waals surface area contributed by atoms with E-state index in [9.17, 15) is 22.8 Å². The first-order valence-corrected chi connectivity index (χ1v) is 11.1. The minimum absolute atomic E-state index is 0.0950. The average molecular weight is 548 g/mol. The van der Waals surface area contributed by atoms with Crippen LogP contribution < -0.4 is 5.32 Å². The number of anilines is 1. The molecule has 2 aromatic rings. The zero-order valence-corrected chi connectivity index (χ0v) is 20.1. The lowest BCUT2D eigenvalue weighted by atomic mass is 10.0. The van der Waals surface area contributed by atoms with Gasteiger partial charge in [-0.15, -0.1) is 23.2 Å². The van der Waals surface area contributed by atoms with Gasteiger partial charge in [-0.3, -0.25) is 9.59 Å². The van der Waals surface area contributed by atoms with E-state index in [4.69, 9.17) is 58.0 Å². The fraction of sp³-hybridized carbons (Fsp3) is 0.333. The Morgan fingerprint density at radius 3 is 2.22 bits per heavy atom. The normalized spacial score (nSPS) is 19.5. The highest BCUT2D eigenvalue weighted by molar-refractivity contribution is 6.53. The summed E-state index contributed by atoms with van der Waals surface area (Å²) in [6.45, 7) is 0.669. The minimum atomic E-state index is -3.07. The SMILES string of the molecule is CC(F)(F)CCC(=O)c1cc(NC(=O)C2C(c3cc(Cl)cc(Cl)c3)C2(Cl)Cl)cc(F)c1Cl. The van der Waals surface area contributed by atoms with Gasteiger partial charge in [-0.2, -0.15) is 0 Å². The first-order valence-electron chi connectivity index (χ1n) is 9.25. The highest BCUT2D eigenvalue weighted by atomic mass is 35.5. The van der Waals surface area contributed by atoms with E-state index in [-0.39, 0.29) is 11.3 Å². The zero-order chi connectivity index (χ0) is 24.0. The second-order valence-corrected chi connectivity index (χ2v) is 10.3. The number of hydrogen-bond acceptors (Lipinski definition) is 2. The van der Waals surface area contributed by atoms with Crippen molar-refractivity contribution in [2.24, 2.45) is 5.92 Å². The third-order valence-electron chi connectivity index (χ3n) is 4.97. The van der Waals surface area contributed by atoms with Crippen LogP contribution in [-0.4, -0.2) is 21.9 Å². The largest absolute Gasteiger partial charge is 0.326 e. The third-order valence-corrected chi connectivity index (χ3v) is 6.73. The molecule has 1 amide bonds. The Kier molecular flexibility index (Phi) is 7.33. The molecular formula is C21H15Cl5F3NO2. The van der Waals surface area contributed by atoms with Crippen LogP contribution in [0.3, 0.4) is 0 Å². The van der Waals surface area contributed by atoms with E-state index in [1.54, 1.807) is 12.1 Å². The fourth-order valence-corrected chi connectivity index (χ4v) is 4.96. The summed E-state index contributed by atoms with van der Waals surface area (Å²) in [6, 6.07) is 6.69. The molecule has 1 fully saturated rings. The van der Waals surface area contributed by atoms with Crippen molar-refractivity contribution in [3.8, 4) is 0 Å². The van der Waals surface area contributed by atoms with Crippen LogP contribution in [0.4, 0.5) is 18.9 Å². The smallest absolute Gasteiger partial charge is 0.245 e. The number of amides is 1. The van der Waals surface area contributed by atoms with Gasteiger partial charge in [-0.05, 0) is 42.8 Å². The van der Waals surface area contributed by atoms with Gasteiger partial charge in [-0.25, -0.2) is 13.2 Å². The van der Waals surface area contributed by atoms with E-state index in [1.807, 2.05) is 0 Å². The number of carbonyl (C=O) groups is 2. The molecule has 11 heteroatoms. The highest BCUT2D eigenvalue weighted by Gasteiger charge is 2.67. The molecule has 2 aromatic carbocycles. The Hall–Kier alpha value is -1.18. The molecule has 0 spiro atoms. The Balaban J connectivity index is 1.80. The predicted molar refractivity (Wildman–Crippen MR) is 121 cm³/mol. The summed E-state index contributed by atoms with van der Waals surface area (Å²) in [5.41, 5.74) is 0.136. The van der Waals surface area contributed by atoms with Crippen molar-refractivity contribution >= 4 is 75.4 Å². The Morgan fingerprint density at radius 2 is 1.66 bits per heavy atom. The monoisotopic (exact) mass is 545 g/mol. The van der Waals surface area contributed by atoms with Crippen LogP contribution in [-0.2, 0) is 4.79 Å². The molecule has 3 rings (SSSR count). The van der Waals surface area contributed by atoms with Crippen LogP contribution in [0, 0.1) is 11.7 Å². The molecule has 1 saturated carbocycles. The summed E-state index contributed by atoms with van der Waals surface area (Å²) in [7, 11) is 0. The number of halogens is 8. The summed E-state index contributed by atoms with van der Waals surface area (Å²) in [6.07, 6.45) is -1.28. The summed E-state index contributed by atoms with van der Waals surface area (Å²) in [5, 5.41) is 2.60. The van der Waals surface area contributed by atoms with E-state index in [2.05, 4.69) is 5.32 Å². The maximum Gasteiger partial charge on any atom is 0.245 e. The Bertz CT molecular complexity index is 1070. The molecule has 0 aliphatic heterocycles. The topological polar surface area (TPSA) is 46.2 Å². The second kappa shape index (κ2) is 9.22. The number of Topliss-reactive ketones (excluding diaryl/α,β-unsaturated/α-hetero) is 1. The number of rotatable bonds is 7. The molecule has 32 heavy (non-hydrogen) atoms. The molecule has 2 atom stereocenters. The number of ketones is 1. The maximum atomic E-state index is 14.3. The van der Waals surface area contributed by atoms with Gasteiger partial charge < -0.3 is 5.32 Å². The van der Waals surface area contributed by atoms with Gasteiger partial charge >= 0.3 is 0 Å². The molecule has 0 heterocycles. The van der Waals surface area contributed by atoms with Crippen LogP contribution >= 0.6 is 58.0 Å². The van der Waals surface area contributed by atoms with Gasteiger partial charge in [0, 0.05) is 40.1 Å². The molecule has 1 N–H and O–H groups in total. The van der Waals surface area contributed by atoms with Gasteiger partial charge in [0.15, 0.2) is 5.78 Å². The highest BCUT2D eigenvalue weighted by Crippen LogP contribution is 2.65. The lowest BCUT2D eigenvalue weighted by molar-refractivity contribution is -0.117. The van der Waals surface area contributed by atoms with E-state index in [1.165, 1.54) is 6.07 Å². The number of carbonyl (C=O) groups excluding carboxylic acids is 2.